The molecule has 1 aliphatic rings. The second-order valence-electron chi connectivity index (χ2n) is 7.37. The summed E-state index contributed by atoms with van der Waals surface area (Å²) in [5.74, 6) is 1.80. The monoisotopic (exact) mass is 442 g/mol. The summed E-state index contributed by atoms with van der Waals surface area (Å²) in [6, 6.07) is 20.1. The van der Waals surface area contributed by atoms with Crippen LogP contribution in [0.5, 0.6) is 11.5 Å². The first-order valence-electron chi connectivity index (χ1n) is 10.3. The van der Waals surface area contributed by atoms with Crippen molar-refractivity contribution >= 4 is 28.6 Å². The number of halogens is 1. The van der Waals surface area contributed by atoms with Gasteiger partial charge in [-0.25, -0.2) is 0 Å². The molecule has 1 unspecified atom stereocenters. The van der Waals surface area contributed by atoms with E-state index in [9.17, 15) is 0 Å². The lowest BCUT2D eigenvalue weighted by Crippen LogP contribution is -2.47. The van der Waals surface area contributed by atoms with Crippen LogP contribution >= 0.6 is 22.9 Å². The van der Waals surface area contributed by atoms with Crippen LogP contribution in [0.2, 0.25) is 5.02 Å². The number of hydrogen-bond acceptors (Lipinski definition) is 5. The van der Waals surface area contributed by atoms with E-state index in [0.717, 1.165) is 55.7 Å². The Morgan fingerprint density at radius 2 is 1.73 bits per heavy atom. The number of anilines is 1. The Morgan fingerprint density at radius 3 is 2.43 bits per heavy atom. The molecule has 30 heavy (non-hydrogen) atoms. The highest BCUT2D eigenvalue weighted by molar-refractivity contribution is 7.10. The van der Waals surface area contributed by atoms with Crippen molar-refractivity contribution in [1.29, 1.82) is 0 Å². The summed E-state index contributed by atoms with van der Waals surface area (Å²) in [5.41, 5.74) is 1.18. The lowest BCUT2D eigenvalue weighted by atomic mass is 10.1. The Balaban J connectivity index is 1.34. The van der Waals surface area contributed by atoms with Crippen LogP contribution in [-0.2, 0) is 0 Å². The lowest BCUT2D eigenvalue weighted by molar-refractivity contribution is 0.162. The van der Waals surface area contributed by atoms with Gasteiger partial charge in [-0.2, -0.15) is 0 Å². The molecule has 1 aliphatic heterocycles. The fourth-order valence-electron chi connectivity index (χ4n) is 3.81. The van der Waals surface area contributed by atoms with Crippen LogP contribution in [0.15, 0.2) is 66.0 Å². The van der Waals surface area contributed by atoms with Gasteiger partial charge in [0, 0.05) is 49.0 Å². The molecule has 2 aromatic carbocycles. The van der Waals surface area contributed by atoms with E-state index in [4.69, 9.17) is 21.1 Å². The first kappa shape index (κ1) is 21.0. The summed E-state index contributed by atoms with van der Waals surface area (Å²) in [4.78, 5) is 6.20. The number of rotatable bonds is 8. The number of benzene rings is 2. The second-order valence-corrected chi connectivity index (χ2v) is 8.78. The molecule has 1 aromatic heterocycles. The quantitative estimate of drug-likeness (QED) is 0.444. The van der Waals surface area contributed by atoms with Crippen molar-refractivity contribution in [2.24, 2.45) is 0 Å². The second kappa shape index (κ2) is 10.2. The van der Waals surface area contributed by atoms with Crippen LogP contribution in [0, 0.1) is 0 Å². The molecule has 3 aromatic rings. The van der Waals surface area contributed by atoms with Crippen molar-refractivity contribution < 1.29 is 9.47 Å². The van der Waals surface area contributed by atoms with Gasteiger partial charge in [0.25, 0.3) is 0 Å². The van der Waals surface area contributed by atoms with E-state index in [1.54, 1.807) is 18.4 Å². The van der Waals surface area contributed by atoms with Gasteiger partial charge in [-0.15, -0.1) is 11.3 Å². The van der Waals surface area contributed by atoms with Crippen LogP contribution < -0.4 is 14.4 Å². The van der Waals surface area contributed by atoms with Crippen molar-refractivity contribution in [1.82, 2.24) is 4.90 Å². The number of ether oxygens (including phenoxy) is 2. The SMILES string of the molecule is COc1ccccc1N1CCN(CCC(Oc2ccc(Cl)cc2)c2cccs2)CC1. The third-order valence-electron chi connectivity index (χ3n) is 5.46. The van der Waals surface area contributed by atoms with E-state index in [0.29, 0.717) is 0 Å². The summed E-state index contributed by atoms with van der Waals surface area (Å²) in [7, 11) is 1.74. The van der Waals surface area contributed by atoms with Gasteiger partial charge in [0.15, 0.2) is 0 Å². The Bertz CT molecular complexity index is 909. The van der Waals surface area contributed by atoms with E-state index in [1.165, 1.54) is 10.6 Å². The van der Waals surface area contributed by atoms with E-state index in [-0.39, 0.29) is 6.10 Å². The molecule has 2 heterocycles. The van der Waals surface area contributed by atoms with Crippen molar-refractivity contribution in [3.05, 3.63) is 75.9 Å². The minimum absolute atomic E-state index is 0.0541. The lowest BCUT2D eigenvalue weighted by Gasteiger charge is -2.37. The molecule has 6 heteroatoms. The Labute approximate surface area is 187 Å². The summed E-state index contributed by atoms with van der Waals surface area (Å²) in [6.45, 7) is 5.09. The molecule has 4 nitrogen and oxygen atoms in total. The smallest absolute Gasteiger partial charge is 0.142 e. The normalized spacial score (nSPS) is 15.7. The van der Waals surface area contributed by atoms with Crippen molar-refractivity contribution in [3.8, 4) is 11.5 Å². The van der Waals surface area contributed by atoms with Crippen molar-refractivity contribution in [2.75, 3.05) is 44.7 Å². The Hall–Kier alpha value is -2.21. The van der Waals surface area contributed by atoms with Gasteiger partial charge in [-0.05, 0) is 47.8 Å². The third-order valence-corrected chi connectivity index (χ3v) is 6.67. The molecule has 4 rings (SSSR count). The van der Waals surface area contributed by atoms with Gasteiger partial charge in [0.1, 0.15) is 17.6 Å². The average Bonchev–Trinajstić information content (AvgIpc) is 3.33. The molecule has 1 fully saturated rings. The van der Waals surface area contributed by atoms with Crippen LogP contribution in [-0.4, -0.2) is 44.7 Å². The molecule has 0 amide bonds. The van der Waals surface area contributed by atoms with Gasteiger partial charge < -0.3 is 14.4 Å². The zero-order chi connectivity index (χ0) is 20.8. The van der Waals surface area contributed by atoms with Gasteiger partial charge in [0.05, 0.1) is 12.8 Å². The largest absolute Gasteiger partial charge is 0.495 e. The van der Waals surface area contributed by atoms with E-state index >= 15 is 0 Å². The highest BCUT2D eigenvalue weighted by Gasteiger charge is 2.22. The Morgan fingerprint density at radius 1 is 0.967 bits per heavy atom. The standard InChI is InChI=1S/C24H27ClN2O2S/c1-28-22-6-3-2-5-21(22)27-16-14-26(15-17-27)13-12-23(24-7-4-18-30-24)29-20-10-8-19(25)9-11-20/h2-11,18,23H,12-17H2,1H3. The van der Waals surface area contributed by atoms with Crippen LogP contribution in [0.25, 0.3) is 0 Å². The zero-order valence-corrected chi connectivity index (χ0v) is 18.7. The molecule has 158 valence electrons. The highest BCUT2D eigenvalue weighted by Crippen LogP contribution is 2.31. The zero-order valence-electron chi connectivity index (χ0n) is 17.2. The first-order chi connectivity index (χ1) is 14.7. The molecule has 0 saturated carbocycles. The number of para-hydroxylation sites is 2. The van der Waals surface area contributed by atoms with Crippen LogP contribution in [0.3, 0.4) is 0 Å². The summed E-state index contributed by atoms with van der Waals surface area (Å²) in [6.07, 6.45) is 1.01. The molecule has 0 radical (unpaired) electrons. The number of nitrogens with zero attached hydrogens (tertiary/aromatic N) is 2. The van der Waals surface area contributed by atoms with Crippen LogP contribution in [0.4, 0.5) is 5.69 Å². The maximum atomic E-state index is 6.32. The van der Waals surface area contributed by atoms with Crippen molar-refractivity contribution in [3.63, 3.8) is 0 Å². The average molecular weight is 443 g/mol. The maximum absolute atomic E-state index is 6.32. The predicted octanol–water partition coefficient (Wildman–Crippen LogP) is 5.74. The molecule has 0 aliphatic carbocycles. The number of thiophene rings is 1. The topological polar surface area (TPSA) is 24.9 Å². The molecule has 1 atom stereocenters. The summed E-state index contributed by atoms with van der Waals surface area (Å²) < 4.78 is 11.9. The first-order valence-corrected chi connectivity index (χ1v) is 11.5. The third kappa shape index (κ3) is 5.28. The minimum atomic E-state index is 0.0541. The minimum Gasteiger partial charge on any atom is -0.495 e. The number of hydrogen-bond donors (Lipinski definition) is 0. The van der Waals surface area contributed by atoms with Gasteiger partial charge in [-0.1, -0.05) is 29.8 Å². The van der Waals surface area contributed by atoms with Gasteiger partial charge in [0.2, 0.25) is 0 Å². The predicted molar refractivity (Wildman–Crippen MR) is 125 cm³/mol. The van der Waals surface area contributed by atoms with Crippen LogP contribution in [0.1, 0.15) is 17.4 Å². The number of methoxy groups -OCH3 is 1. The molecule has 0 bridgehead atoms. The summed E-state index contributed by atoms with van der Waals surface area (Å²) >= 11 is 7.76. The maximum Gasteiger partial charge on any atom is 0.142 e. The van der Waals surface area contributed by atoms with E-state index in [2.05, 4.69) is 39.4 Å². The van der Waals surface area contributed by atoms with Gasteiger partial charge >= 0.3 is 0 Å². The molecule has 0 spiro atoms. The highest BCUT2D eigenvalue weighted by atomic mass is 35.5. The fourth-order valence-corrected chi connectivity index (χ4v) is 4.73. The fraction of sp³-hybridized carbons (Fsp3) is 0.333. The molecule has 0 N–H and O–H groups in total. The Kier molecular flexibility index (Phi) is 7.16. The van der Waals surface area contributed by atoms with Crippen molar-refractivity contribution in [2.45, 2.75) is 12.5 Å². The van der Waals surface area contributed by atoms with E-state index in [1.807, 2.05) is 36.4 Å². The number of piperazine rings is 1. The summed E-state index contributed by atoms with van der Waals surface area (Å²) in [5, 5.41) is 2.84. The molecular weight excluding hydrogens is 416 g/mol. The molecule has 1 saturated heterocycles. The van der Waals surface area contributed by atoms with E-state index < -0.39 is 0 Å². The molecular formula is C24H27ClN2O2S. The van der Waals surface area contributed by atoms with Gasteiger partial charge in [-0.3, -0.25) is 4.90 Å².